The third-order valence-electron chi connectivity index (χ3n) is 4.72. The molecule has 3 N–H and O–H groups in total. The van der Waals surface area contributed by atoms with Gasteiger partial charge >= 0.3 is 0 Å². The zero-order chi connectivity index (χ0) is 16.7. The number of H-pyrrole nitrogens is 1. The van der Waals surface area contributed by atoms with Gasteiger partial charge in [0, 0.05) is 36.5 Å². The van der Waals surface area contributed by atoms with E-state index in [0.29, 0.717) is 11.4 Å². The van der Waals surface area contributed by atoms with Gasteiger partial charge in [0.1, 0.15) is 5.82 Å². The van der Waals surface area contributed by atoms with Crippen LogP contribution >= 0.6 is 0 Å². The molecule has 2 atom stereocenters. The van der Waals surface area contributed by atoms with Crippen molar-refractivity contribution < 1.29 is 5.11 Å². The molecule has 6 heteroatoms. The number of nitrogens with one attached hydrogen (secondary N) is 2. The Bertz CT molecular complexity index is 944. The van der Waals surface area contributed by atoms with Crippen LogP contribution in [-0.2, 0) is 0 Å². The molecule has 0 radical (unpaired) electrons. The summed E-state index contributed by atoms with van der Waals surface area (Å²) in [6.45, 7) is 2.92. The van der Waals surface area contributed by atoms with Crippen LogP contribution in [0.5, 0.6) is 0 Å². The first kappa shape index (κ1) is 15.1. The summed E-state index contributed by atoms with van der Waals surface area (Å²) in [7, 11) is 0. The van der Waals surface area contributed by atoms with Crippen molar-refractivity contribution in [1.29, 1.82) is 0 Å². The maximum absolute atomic E-state index is 12.5. The maximum atomic E-state index is 12.5. The number of aromatic nitrogens is 3. The SMILES string of the molecule is Cc1ccc2[nH]c(=O)c(-c3nccn3[C@@H]3CN[C@H](CO)C3)cc2c1. The van der Waals surface area contributed by atoms with Crippen LogP contribution in [0.1, 0.15) is 18.0 Å². The van der Waals surface area contributed by atoms with Gasteiger partial charge in [0.2, 0.25) is 0 Å². The number of aromatic amines is 1. The van der Waals surface area contributed by atoms with Gasteiger partial charge in [-0.3, -0.25) is 4.79 Å². The first-order chi connectivity index (χ1) is 11.7. The highest BCUT2D eigenvalue weighted by Crippen LogP contribution is 2.26. The molecule has 1 fully saturated rings. The Morgan fingerprint density at radius 1 is 1.38 bits per heavy atom. The Kier molecular flexibility index (Phi) is 3.70. The normalized spacial score (nSPS) is 20.8. The van der Waals surface area contributed by atoms with Crippen LogP contribution in [0.2, 0.25) is 0 Å². The fraction of sp³-hybridized carbons (Fsp3) is 0.333. The number of hydrogen-bond donors (Lipinski definition) is 3. The Morgan fingerprint density at radius 3 is 3.04 bits per heavy atom. The molecule has 0 saturated carbocycles. The average Bonchev–Trinajstić information content (AvgIpc) is 3.23. The quantitative estimate of drug-likeness (QED) is 0.683. The Balaban J connectivity index is 1.80. The second-order valence-corrected chi connectivity index (χ2v) is 6.44. The van der Waals surface area contributed by atoms with E-state index in [2.05, 4.69) is 21.4 Å². The van der Waals surface area contributed by atoms with Crippen molar-refractivity contribution in [3.8, 4) is 11.4 Å². The minimum absolute atomic E-state index is 0.0998. The molecular formula is C18H20N4O2. The van der Waals surface area contributed by atoms with Gasteiger partial charge in [-0.05, 0) is 36.9 Å². The predicted octanol–water partition coefficient (Wildman–Crippen LogP) is 1.60. The second kappa shape index (κ2) is 5.89. The van der Waals surface area contributed by atoms with Crippen LogP contribution < -0.4 is 10.9 Å². The summed E-state index contributed by atoms with van der Waals surface area (Å²) in [5.74, 6) is 0.671. The number of nitrogens with zero attached hydrogens (tertiary/aromatic N) is 2. The van der Waals surface area contributed by atoms with E-state index in [1.165, 1.54) is 0 Å². The molecule has 4 rings (SSSR count). The number of rotatable bonds is 3. The molecule has 6 nitrogen and oxygen atoms in total. The highest BCUT2D eigenvalue weighted by molar-refractivity contribution is 5.83. The molecule has 3 heterocycles. The van der Waals surface area contributed by atoms with Crippen LogP contribution in [0.3, 0.4) is 0 Å². The smallest absolute Gasteiger partial charge is 0.259 e. The Morgan fingerprint density at radius 2 is 2.25 bits per heavy atom. The van der Waals surface area contributed by atoms with Crippen LogP contribution in [-0.4, -0.2) is 38.8 Å². The van der Waals surface area contributed by atoms with Crippen molar-refractivity contribution in [1.82, 2.24) is 19.9 Å². The molecule has 0 unspecified atom stereocenters. The number of fused-ring (bicyclic) bond motifs is 1. The van der Waals surface area contributed by atoms with Crippen molar-refractivity contribution >= 4 is 10.9 Å². The van der Waals surface area contributed by atoms with Crippen LogP contribution in [0.25, 0.3) is 22.3 Å². The average molecular weight is 324 g/mol. The molecule has 1 saturated heterocycles. The molecule has 0 bridgehead atoms. The predicted molar refractivity (Wildman–Crippen MR) is 93.1 cm³/mol. The number of aryl methyl sites for hydroxylation is 1. The zero-order valence-electron chi connectivity index (χ0n) is 13.5. The molecule has 1 aliphatic rings. The minimum Gasteiger partial charge on any atom is -0.395 e. The Labute approximate surface area is 139 Å². The molecule has 124 valence electrons. The molecule has 0 spiro atoms. The first-order valence-corrected chi connectivity index (χ1v) is 8.17. The van der Waals surface area contributed by atoms with Gasteiger partial charge in [-0.25, -0.2) is 4.98 Å². The van der Waals surface area contributed by atoms with Gasteiger partial charge in [-0.15, -0.1) is 0 Å². The zero-order valence-corrected chi connectivity index (χ0v) is 13.5. The van der Waals surface area contributed by atoms with Gasteiger partial charge in [-0.1, -0.05) is 11.6 Å². The Hall–Kier alpha value is -2.44. The van der Waals surface area contributed by atoms with E-state index in [4.69, 9.17) is 0 Å². The van der Waals surface area contributed by atoms with Gasteiger partial charge in [0.15, 0.2) is 0 Å². The van der Waals surface area contributed by atoms with Crippen molar-refractivity contribution in [2.24, 2.45) is 0 Å². The van der Waals surface area contributed by atoms with Gasteiger partial charge in [-0.2, -0.15) is 0 Å². The number of aliphatic hydroxyl groups excluding tert-OH is 1. The summed E-state index contributed by atoms with van der Waals surface area (Å²) in [5, 5.41) is 13.6. The molecule has 24 heavy (non-hydrogen) atoms. The van der Waals surface area contributed by atoms with E-state index in [1.54, 1.807) is 6.20 Å². The molecule has 2 aromatic heterocycles. The largest absolute Gasteiger partial charge is 0.395 e. The minimum atomic E-state index is -0.136. The number of imidazole rings is 1. The van der Waals surface area contributed by atoms with Crippen molar-refractivity contribution in [2.75, 3.05) is 13.2 Å². The van der Waals surface area contributed by atoms with E-state index in [-0.39, 0.29) is 24.2 Å². The second-order valence-electron chi connectivity index (χ2n) is 6.44. The van der Waals surface area contributed by atoms with Gasteiger partial charge in [0.25, 0.3) is 5.56 Å². The van der Waals surface area contributed by atoms with E-state index in [0.717, 1.165) is 29.4 Å². The number of benzene rings is 1. The number of hydrogen-bond acceptors (Lipinski definition) is 4. The van der Waals surface area contributed by atoms with E-state index >= 15 is 0 Å². The summed E-state index contributed by atoms with van der Waals surface area (Å²) in [6, 6.07) is 8.16. The highest BCUT2D eigenvalue weighted by atomic mass is 16.3. The lowest BCUT2D eigenvalue weighted by atomic mass is 10.1. The lowest BCUT2D eigenvalue weighted by molar-refractivity contribution is 0.253. The summed E-state index contributed by atoms with van der Waals surface area (Å²) >= 11 is 0. The van der Waals surface area contributed by atoms with Crippen molar-refractivity contribution in [3.05, 3.63) is 52.6 Å². The van der Waals surface area contributed by atoms with Crippen molar-refractivity contribution in [3.63, 3.8) is 0 Å². The van der Waals surface area contributed by atoms with Gasteiger partial charge < -0.3 is 20.0 Å². The van der Waals surface area contributed by atoms with Crippen LogP contribution in [0.15, 0.2) is 41.5 Å². The molecule has 3 aromatic rings. The molecule has 1 aliphatic heterocycles. The lowest BCUT2D eigenvalue weighted by Gasteiger charge is -2.14. The number of pyridine rings is 1. The van der Waals surface area contributed by atoms with E-state index < -0.39 is 0 Å². The van der Waals surface area contributed by atoms with Crippen LogP contribution in [0, 0.1) is 6.92 Å². The third-order valence-corrected chi connectivity index (χ3v) is 4.72. The maximum Gasteiger partial charge on any atom is 0.259 e. The van der Waals surface area contributed by atoms with E-state index in [1.807, 2.05) is 35.9 Å². The highest BCUT2D eigenvalue weighted by Gasteiger charge is 2.27. The van der Waals surface area contributed by atoms with Gasteiger partial charge in [0.05, 0.1) is 12.2 Å². The fourth-order valence-electron chi connectivity index (χ4n) is 3.46. The number of aliphatic hydroxyl groups is 1. The molecular weight excluding hydrogens is 304 g/mol. The molecule has 1 aromatic carbocycles. The molecule has 0 aliphatic carbocycles. The standard InChI is InChI=1S/C18H20N4O2/c1-11-2-3-16-12(6-11)7-15(18(24)21-16)17-19-4-5-22(17)14-8-13(10-23)20-9-14/h2-7,13-14,20,23H,8-10H2,1H3,(H,21,24)/t13-,14-/m0/s1. The lowest BCUT2D eigenvalue weighted by Crippen LogP contribution is -2.24. The topological polar surface area (TPSA) is 82.9 Å². The monoisotopic (exact) mass is 324 g/mol. The summed E-state index contributed by atoms with van der Waals surface area (Å²) < 4.78 is 2.04. The molecule has 0 amide bonds. The summed E-state index contributed by atoms with van der Waals surface area (Å²) in [6.07, 6.45) is 4.45. The summed E-state index contributed by atoms with van der Waals surface area (Å²) in [5.41, 5.74) is 2.42. The third kappa shape index (κ3) is 2.53. The fourth-order valence-corrected chi connectivity index (χ4v) is 3.46. The first-order valence-electron chi connectivity index (χ1n) is 8.17. The summed E-state index contributed by atoms with van der Waals surface area (Å²) in [4.78, 5) is 19.9. The van der Waals surface area contributed by atoms with Crippen LogP contribution in [0.4, 0.5) is 0 Å². The van der Waals surface area contributed by atoms with E-state index in [9.17, 15) is 9.90 Å². The van der Waals surface area contributed by atoms with Crippen molar-refractivity contribution in [2.45, 2.75) is 25.4 Å².